The molecule has 4 heteroatoms. The highest BCUT2D eigenvalue weighted by Crippen LogP contribution is 2.29. The molecular weight excluding hydrogens is 243 g/mol. The molecule has 1 atom stereocenters. The number of hydrogen-bond acceptors (Lipinski definition) is 2. The van der Waals surface area contributed by atoms with Crippen LogP contribution >= 0.6 is 23.2 Å². The fourth-order valence-corrected chi connectivity index (χ4v) is 1.67. The molecule has 0 amide bonds. The molecule has 0 aliphatic carbocycles. The molecule has 0 spiro atoms. The SMILES string of the molecule is CCC(C)NCCNc1cccc(Cl)c1Cl. The summed E-state index contributed by atoms with van der Waals surface area (Å²) in [4.78, 5) is 0. The minimum Gasteiger partial charge on any atom is -0.383 e. The summed E-state index contributed by atoms with van der Waals surface area (Å²) in [5, 5.41) is 7.83. The largest absolute Gasteiger partial charge is 0.383 e. The van der Waals surface area contributed by atoms with Crippen molar-refractivity contribution < 1.29 is 0 Å². The fourth-order valence-electron chi connectivity index (χ4n) is 1.30. The predicted octanol–water partition coefficient (Wildman–Crippen LogP) is 3.79. The fraction of sp³-hybridized carbons (Fsp3) is 0.500. The number of hydrogen-bond donors (Lipinski definition) is 2. The highest BCUT2D eigenvalue weighted by Gasteiger charge is 2.03. The first-order chi connectivity index (χ1) is 7.65. The Kier molecular flexibility index (Phi) is 5.96. The Morgan fingerprint density at radius 1 is 1.25 bits per heavy atom. The van der Waals surface area contributed by atoms with Gasteiger partial charge in [0.1, 0.15) is 0 Å². The topological polar surface area (TPSA) is 24.1 Å². The van der Waals surface area contributed by atoms with Gasteiger partial charge >= 0.3 is 0 Å². The van der Waals surface area contributed by atoms with Gasteiger partial charge in [0.15, 0.2) is 0 Å². The van der Waals surface area contributed by atoms with Gasteiger partial charge in [0.2, 0.25) is 0 Å². The van der Waals surface area contributed by atoms with Gasteiger partial charge in [-0.15, -0.1) is 0 Å². The van der Waals surface area contributed by atoms with E-state index in [1.54, 1.807) is 6.07 Å². The number of rotatable bonds is 6. The van der Waals surface area contributed by atoms with E-state index in [1.807, 2.05) is 12.1 Å². The molecule has 0 aromatic heterocycles. The first-order valence-electron chi connectivity index (χ1n) is 5.56. The van der Waals surface area contributed by atoms with E-state index in [1.165, 1.54) is 0 Å². The lowest BCUT2D eigenvalue weighted by atomic mass is 10.2. The van der Waals surface area contributed by atoms with Crippen LogP contribution in [0.25, 0.3) is 0 Å². The molecule has 0 heterocycles. The minimum atomic E-state index is 0.552. The molecule has 2 nitrogen and oxygen atoms in total. The van der Waals surface area contributed by atoms with E-state index in [0.717, 1.165) is 25.2 Å². The summed E-state index contributed by atoms with van der Waals surface area (Å²) in [5.74, 6) is 0. The number of halogens is 2. The van der Waals surface area contributed by atoms with Gasteiger partial charge in [0.25, 0.3) is 0 Å². The highest BCUT2D eigenvalue weighted by molar-refractivity contribution is 6.43. The number of anilines is 1. The van der Waals surface area contributed by atoms with Crippen LogP contribution in [-0.4, -0.2) is 19.1 Å². The molecule has 0 fully saturated rings. The molecule has 0 saturated heterocycles. The monoisotopic (exact) mass is 260 g/mol. The second-order valence-electron chi connectivity index (χ2n) is 3.79. The Bertz CT molecular complexity index is 329. The molecule has 2 N–H and O–H groups in total. The quantitative estimate of drug-likeness (QED) is 0.761. The molecular formula is C12H18Cl2N2. The maximum Gasteiger partial charge on any atom is 0.0823 e. The van der Waals surface area contributed by atoms with Gasteiger partial charge in [-0.2, -0.15) is 0 Å². The molecule has 16 heavy (non-hydrogen) atoms. The number of nitrogens with one attached hydrogen (secondary N) is 2. The van der Waals surface area contributed by atoms with Crippen LogP contribution in [0.1, 0.15) is 20.3 Å². The van der Waals surface area contributed by atoms with Crippen LogP contribution in [0.3, 0.4) is 0 Å². The van der Waals surface area contributed by atoms with Crippen molar-refractivity contribution in [2.75, 3.05) is 18.4 Å². The lowest BCUT2D eigenvalue weighted by Crippen LogP contribution is -2.30. The van der Waals surface area contributed by atoms with Crippen molar-refractivity contribution in [2.24, 2.45) is 0 Å². The smallest absolute Gasteiger partial charge is 0.0823 e. The van der Waals surface area contributed by atoms with E-state index in [-0.39, 0.29) is 0 Å². The number of benzene rings is 1. The summed E-state index contributed by atoms with van der Waals surface area (Å²) in [5.41, 5.74) is 0.889. The summed E-state index contributed by atoms with van der Waals surface area (Å²) in [6, 6.07) is 6.15. The van der Waals surface area contributed by atoms with Crippen molar-refractivity contribution in [3.05, 3.63) is 28.2 Å². The Labute approximate surface area is 107 Å². The van der Waals surface area contributed by atoms with Crippen LogP contribution in [0.5, 0.6) is 0 Å². The van der Waals surface area contributed by atoms with Gasteiger partial charge in [-0.25, -0.2) is 0 Å². The average molecular weight is 261 g/mol. The molecule has 0 radical (unpaired) electrons. The Morgan fingerprint density at radius 3 is 2.69 bits per heavy atom. The van der Waals surface area contributed by atoms with E-state index in [4.69, 9.17) is 23.2 Å². The zero-order chi connectivity index (χ0) is 12.0. The van der Waals surface area contributed by atoms with Gasteiger partial charge in [0, 0.05) is 19.1 Å². The van der Waals surface area contributed by atoms with E-state index in [9.17, 15) is 0 Å². The summed E-state index contributed by atoms with van der Waals surface area (Å²) in [6.45, 7) is 6.09. The molecule has 1 unspecified atom stereocenters. The standard InChI is InChI=1S/C12H18Cl2N2/c1-3-9(2)15-7-8-16-11-6-4-5-10(13)12(11)14/h4-6,9,15-16H,3,7-8H2,1-2H3. The second-order valence-corrected chi connectivity index (χ2v) is 4.58. The Morgan fingerprint density at radius 2 is 2.00 bits per heavy atom. The Hall–Kier alpha value is -0.440. The lowest BCUT2D eigenvalue weighted by Gasteiger charge is -2.13. The molecule has 1 aromatic rings. The first kappa shape index (κ1) is 13.6. The predicted molar refractivity (Wildman–Crippen MR) is 72.7 cm³/mol. The first-order valence-corrected chi connectivity index (χ1v) is 6.32. The van der Waals surface area contributed by atoms with E-state index in [2.05, 4.69) is 24.5 Å². The highest BCUT2D eigenvalue weighted by atomic mass is 35.5. The third-order valence-electron chi connectivity index (χ3n) is 2.50. The van der Waals surface area contributed by atoms with Crippen molar-refractivity contribution in [3.8, 4) is 0 Å². The molecule has 0 aliphatic rings. The molecule has 90 valence electrons. The molecule has 1 aromatic carbocycles. The van der Waals surface area contributed by atoms with Crippen molar-refractivity contribution in [1.29, 1.82) is 0 Å². The molecule has 0 saturated carbocycles. The third-order valence-corrected chi connectivity index (χ3v) is 3.32. The zero-order valence-corrected chi connectivity index (χ0v) is 11.2. The van der Waals surface area contributed by atoms with Crippen LogP contribution in [0.4, 0.5) is 5.69 Å². The van der Waals surface area contributed by atoms with Gasteiger partial charge in [-0.1, -0.05) is 36.2 Å². The maximum atomic E-state index is 6.05. The second kappa shape index (κ2) is 7.00. The summed E-state index contributed by atoms with van der Waals surface area (Å²) in [7, 11) is 0. The van der Waals surface area contributed by atoms with Gasteiger partial charge in [-0.05, 0) is 25.5 Å². The van der Waals surface area contributed by atoms with E-state index in [0.29, 0.717) is 16.1 Å². The van der Waals surface area contributed by atoms with Crippen LogP contribution in [-0.2, 0) is 0 Å². The van der Waals surface area contributed by atoms with Crippen molar-refractivity contribution in [3.63, 3.8) is 0 Å². The lowest BCUT2D eigenvalue weighted by molar-refractivity contribution is 0.546. The van der Waals surface area contributed by atoms with Gasteiger partial charge in [0.05, 0.1) is 15.7 Å². The van der Waals surface area contributed by atoms with Crippen molar-refractivity contribution in [2.45, 2.75) is 26.3 Å². The minimum absolute atomic E-state index is 0.552. The third kappa shape index (κ3) is 4.20. The van der Waals surface area contributed by atoms with Crippen LogP contribution < -0.4 is 10.6 Å². The van der Waals surface area contributed by atoms with Crippen LogP contribution in [0.15, 0.2) is 18.2 Å². The molecule has 0 bridgehead atoms. The normalized spacial score (nSPS) is 12.5. The zero-order valence-electron chi connectivity index (χ0n) is 9.69. The average Bonchev–Trinajstić information content (AvgIpc) is 2.29. The van der Waals surface area contributed by atoms with Crippen LogP contribution in [0.2, 0.25) is 10.0 Å². The van der Waals surface area contributed by atoms with Crippen LogP contribution in [0, 0.1) is 0 Å². The Balaban J connectivity index is 2.35. The molecule has 0 aliphatic heterocycles. The van der Waals surface area contributed by atoms with E-state index < -0.39 is 0 Å². The van der Waals surface area contributed by atoms with Gasteiger partial charge in [-0.3, -0.25) is 0 Å². The summed E-state index contributed by atoms with van der Waals surface area (Å²) >= 11 is 12.0. The van der Waals surface area contributed by atoms with Crippen molar-refractivity contribution in [1.82, 2.24) is 5.32 Å². The van der Waals surface area contributed by atoms with Gasteiger partial charge < -0.3 is 10.6 Å². The summed E-state index contributed by atoms with van der Waals surface area (Å²) in [6.07, 6.45) is 1.14. The maximum absolute atomic E-state index is 6.05. The van der Waals surface area contributed by atoms with Crippen molar-refractivity contribution >= 4 is 28.9 Å². The van der Waals surface area contributed by atoms with E-state index >= 15 is 0 Å². The summed E-state index contributed by atoms with van der Waals surface area (Å²) < 4.78 is 0. The molecule has 1 rings (SSSR count).